The molecule has 78 valence electrons. The van der Waals surface area contributed by atoms with Crippen LogP contribution in [0.5, 0.6) is 0 Å². The third-order valence-electron chi connectivity index (χ3n) is 2.62. The summed E-state index contributed by atoms with van der Waals surface area (Å²) in [5.74, 6) is 0. The second kappa shape index (κ2) is 4.21. The SMILES string of the molecule is NC1(Cc2ccc(Cl)cc2)C=CC=CC1. The maximum Gasteiger partial charge on any atom is 0.0418 e. The molecule has 2 heteroatoms. The lowest BCUT2D eigenvalue weighted by atomic mass is 9.86. The molecule has 1 aromatic carbocycles. The Morgan fingerprint density at radius 1 is 1.20 bits per heavy atom. The van der Waals surface area contributed by atoms with Crippen molar-refractivity contribution in [2.45, 2.75) is 18.4 Å². The van der Waals surface area contributed by atoms with Gasteiger partial charge in [-0.3, -0.25) is 0 Å². The second-order valence-electron chi connectivity index (χ2n) is 4.03. The second-order valence-corrected chi connectivity index (χ2v) is 4.46. The first-order valence-electron chi connectivity index (χ1n) is 5.06. The summed E-state index contributed by atoms with van der Waals surface area (Å²) in [6, 6.07) is 7.87. The van der Waals surface area contributed by atoms with Crippen molar-refractivity contribution in [1.82, 2.24) is 0 Å². The zero-order chi connectivity index (χ0) is 10.7. The number of rotatable bonds is 2. The van der Waals surface area contributed by atoms with Gasteiger partial charge >= 0.3 is 0 Å². The highest BCUT2D eigenvalue weighted by atomic mass is 35.5. The van der Waals surface area contributed by atoms with Gasteiger partial charge in [0, 0.05) is 10.6 Å². The minimum absolute atomic E-state index is 0.234. The number of hydrogen-bond acceptors (Lipinski definition) is 1. The molecule has 0 aromatic heterocycles. The number of benzene rings is 1. The van der Waals surface area contributed by atoms with Crippen molar-refractivity contribution in [3.63, 3.8) is 0 Å². The Labute approximate surface area is 95.2 Å². The zero-order valence-corrected chi connectivity index (χ0v) is 9.24. The minimum Gasteiger partial charge on any atom is -0.321 e. The smallest absolute Gasteiger partial charge is 0.0418 e. The van der Waals surface area contributed by atoms with Crippen molar-refractivity contribution >= 4 is 11.6 Å². The number of halogens is 1. The molecule has 2 N–H and O–H groups in total. The van der Waals surface area contributed by atoms with E-state index >= 15 is 0 Å². The van der Waals surface area contributed by atoms with E-state index in [-0.39, 0.29) is 5.54 Å². The molecule has 0 bridgehead atoms. The van der Waals surface area contributed by atoms with Crippen LogP contribution in [0.3, 0.4) is 0 Å². The van der Waals surface area contributed by atoms with Gasteiger partial charge in [-0.15, -0.1) is 0 Å². The van der Waals surface area contributed by atoms with Crippen LogP contribution in [0.4, 0.5) is 0 Å². The third kappa shape index (κ3) is 2.71. The van der Waals surface area contributed by atoms with Gasteiger partial charge in [-0.1, -0.05) is 48.0 Å². The predicted octanol–water partition coefficient (Wildman–Crippen LogP) is 3.10. The van der Waals surface area contributed by atoms with Gasteiger partial charge in [-0.2, -0.15) is 0 Å². The van der Waals surface area contributed by atoms with Gasteiger partial charge in [0.15, 0.2) is 0 Å². The third-order valence-corrected chi connectivity index (χ3v) is 2.87. The van der Waals surface area contributed by atoms with Crippen LogP contribution < -0.4 is 5.73 Å². The van der Waals surface area contributed by atoms with Gasteiger partial charge in [0.2, 0.25) is 0 Å². The van der Waals surface area contributed by atoms with E-state index < -0.39 is 0 Å². The Balaban J connectivity index is 2.11. The van der Waals surface area contributed by atoms with Gasteiger partial charge in [0.1, 0.15) is 0 Å². The molecule has 1 atom stereocenters. The van der Waals surface area contributed by atoms with Crippen molar-refractivity contribution in [3.05, 3.63) is 59.2 Å². The Hall–Kier alpha value is -1.05. The van der Waals surface area contributed by atoms with Crippen LogP contribution in [0.25, 0.3) is 0 Å². The highest BCUT2D eigenvalue weighted by molar-refractivity contribution is 6.30. The highest BCUT2D eigenvalue weighted by Crippen LogP contribution is 2.21. The number of hydrogen-bond donors (Lipinski definition) is 1. The molecule has 1 aromatic rings. The summed E-state index contributed by atoms with van der Waals surface area (Å²) >= 11 is 5.83. The average molecular weight is 220 g/mol. The molecular formula is C13H14ClN. The Morgan fingerprint density at radius 2 is 1.93 bits per heavy atom. The van der Waals surface area contributed by atoms with Gasteiger partial charge in [0.25, 0.3) is 0 Å². The lowest BCUT2D eigenvalue weighted by Crippen LogP contribution is -2.40. The van der Waals surface area contributed by atoms with Crippen LogP contribution in [0.15, 0.2) is 48.6 Å². The van der Waals surface area contributed by atoms with E-state index in [1.807, 2.05) is 36.4 Å². The first-order valence-corrected chi connectivity index (χ1v) is 5.43. The minimum atomic E-state index is -0.234. The maximum atomic E-state index is 6.26. The first kappa shape index (κ1) is 10.5. The topological polar surface area (TPSA) is 26.0 Å². The largest absolute Gasteiger partial charge is 0.321 e. The molecule has 0 aliphatic heterocycles. The first-order chi connectivity index (χ1) is 7.18. The Morgan fingerprint density at radius 3 is 2.53 bits per heavy atom. The molecule has 2 rings (SSSR count). The van der Waals surface area contributed by atoms with Crippen molar-refractivity contribution in [2.24, 2.45) is 5.73 Å². The molecule has 1 unspecified atom stereocenters. The van der Waals surface area contributed by atoms with E-state index in [0.717, 1.165) is 17.9 Å². The quantitative estimate of drug-likeness (QED) is 0.813. The van der Waals surface area contributed by atoms with Crippen molar-refractivity contribution < 1.29 is 0 Å². The van der Waals surface area contributed by atoms with Crippen LogP contribution in [0, 0.1) is 0 Å². The lowest BCUT2D eigenvalue weighted by Gasteiger charge is -2.26. The van der Waals surface area contributed by atoms with E-state index in [4.69, 9.17) is 17.3 Å². The van der Waals surface area contributed by atoms with E-state index in [9.17, 15) is 0 Å². The zero-order valence-electron chi connectivity index (χ0n) is 8.49. The normalized spacial score (nSPS) is 24.4. The van der Waals surface area contributed by atoms with Crippen LogP contribution in [0.2, 0.25) is 5.02 Å². The maximum absolute atomic E-state index is 6.26. The fourth-order valence-corrected chi connectivity index (χ4v) is 1.92. The summed E-state index contributed by atoms with van der Waals surface area (Å²) in [5.41, 5.74) is 7.25. The summed E-state index contributed by atoms with van der Waals surface area (Å²) in [4.78, 5) is 0. The van der Waals surface area contributed by atoms with E-state index in [2.05, 4.69) is 12.2 Å². The molecule has 1 aliphatic carbocycles. The molecule has 0 spiro atoms. The fraction of sp³-hybridized carbons (Fsp3) is 0.231. The summed E-state index contributed by atoms with van der Waals surface area (Å²) in [5, 5.41) is 0.768. The summed E-state index contributed by atoms with van der Waals surface area (Å²) < 4.78 is 0. The van der Waals surface area contributed by atoms with Crippen molar-refractivity contribution in [2.75, 3.05) is 0 Å². The van der Waals surface area contributed by atoms with E-state index in [1.54, 1.807) is 0 Å². The summed E-state index contributed by atoms with van der Waals surface area (Å²) in [6.07, 6.45) is 9.97. The average Bonchev–Trinajstić information content (AvgIpc) is 2.22. The van der Waals surface area contributed by atoms with Crippen LogP contribution in [0.1, 0.15) is 12.0 Å². The van der Waals surface area contributed by atoms with Crippen LogP contribution >= 0.6 is 11.6 Å². The molecule has 0 fully saturated rings. The Kier molecular flexibility index (Phi) is 2.94. The molecule has 0 amide bonds. The lowest BCUT2D eigenvalue weighted by molar-refractivity contribution is 0.528. The van der Waals surface area contributed by atoms with Crippen molar-refractivity contribution in [1.29, 1.82) is 0 Å². The number of nitrogens with two attached hydrogens (primary N) is 1. The standard InChI is InChI=1S/C13H14ClN/c14-12-6-4-11(5-7-12)10-13(15)8-2-1-3-9-13/h1-8H,9-10,15H2. The van der Waals surface area contributed by atoms with Crippen LogP contribution in [-0.4, -0.2) is 5.54 Å². The molecular weight excluding hydrogens is 206 g/mol. The predicted molar refractivity (Wildman–Crippen MR) is 65.0 cm³/mol. The van der Waals surface area contributed by atoms with E-state index in [0.29, 0.717) is 0 Å². The molecule has 0 radical (unpaired) electrons. The fourth-order valence-electron chi connectivity index (χ4n) is 1.79. The van der Waals surface area contributed by atoms with Gasteiger partial charge in [0.05, 0.1) is 0 Å². The number of allylic oxidation sites excluding steroid dienone is 2. The summed E-state index contributed by atoms with van der Waals surface area (Å²) in [6.45, 7) is 0. The Bertz CT molecular complexity index is 392. The molecule has 1 aliphatic rings. The summed E-state index contributed by atoms with van der Waals surface area (Å²) in [7, 11) is 0. The van der Waals surface area contributed by atoms with E-state index in [1.165, 1.54) is 5.56 Å². The van der Waals surface area contributed by atoms with Gasteiger partial charge in [-0.25, -0.2) is 0 Å². The van der Waals surface area contributed by atoms with Crippen molar-refractivity contribution in [3.8, 4) is 0 Å². The molecule has 15 heavy (non-hydrogen) atoms. The molecule has 0 saturated heterocycles. The van der Waals surface area contributed by atoms with Gasteiger partial charge < -0.3 is 5.73 Å². The monoisotopic (exact) mass is 219 g/mol. The van der Waals surface area contributed by atoms with Crippen LogP contribution in [-0.2, 0) is 6.42 Å². The van der Waals surface area contributed by atoms with Gasteiger partial charge in [-0.05, 0) is 30.5 Å². The molecule has 0 saturated carbocycles. The highest BCUT2D eigenvalue weighted by Gasteiger charge is 2.21. The molecule has 1 nitrogen and oxygen atoms in total. The molecule has 0 heterocycles.